The first-order chi connectivity index (χ1) is 12.2. The lowest BCUT2D eigenvalue weighted by Gasteiger charge is -2.09. The summed E-state index contributed by atoms with van der Waals surface area (Å²) >= 11 is 0. The van der Waals surface area contributed by atoms with Crippen LogP contribution >= 0.6 is 0 Å². The Morgan fingerprint density at radius 3 is 2.48 bits per heavy atom. The van der Waals surface area contributed by atoms with E-state index in [1.807, 2.05) is 0 Å². The van der Waals surface area contributed by atoms with Crippen molar-refractivity contribution >= 4 is 10.8 Å². The molecule has 4 heteroatoms. The second kappa shape index (κ2) is 10.2. The Bertz CT molecular complexity index is 721. The molecular weight excluding hydrogens is 319 g/mol. The first-order valence-electron chi connectivity index (χ1n) is 9.55. The summed E-state index contributed by atoms with van der Waals surface area (Å²) in [7, 11) is 0. The van der Waals surface area contributed by atoms with Crippen molar-refractivity contribution < 1.29 is 13.5 Å². The molecule has 138 valence electrons. The van der Waals surface area contributed by atoms with Gasteiger partial charge in [0.25, 0.3) is 0 Å². The van der Waals surface area contributed by atoms with Gasteiger partial charge in [-0.05, 0) is 30.4 Å². The standard InChI is InChI=1S/C21H29FO3/c1-3-5-7-8-9-11-17-15-16-12-13-18(24-14-10-6-4-2)20(22)19(16)21(23)25-17/h12-13,15H,3-11,14H2,1-2H3. The highest BCUT2D eigenvalue weighted by atomic mass is 19.1. The number of fused-ring (bicyclic) bond motifs is 1. The molecule has 2 rings (SSSR count). The van der Waals surface area contributed by atoms with Crippen LogP contribution in [0.2, 0.25) is 0 Å². The molecule has 0 aliphatic rings. The van der Waals surface area contributed by atoms with E-state index in [2.05, 4.69) is 13.8 Å². The van der Waals surface area contributed by atoms with Crippen LogP contribution in [0.3, 0.4) is 0 Å². The fraction of sp³-hybridized carbons (Fsp3) is 0.571. The summed E-state index contributed by atoms with van der Waals surface area (Å²) in [6.07, 6.45) is 9.44. The van der Waals surface area contributed by atoms with E-state index in [0.717, 1.165) is 32.1 Å². The zero-order chi connectivity index (χ0) is 18.1. The number of halogens is 1. The van der Waals surface area contributed by atoms with Crippen LogP contribution in [0.15, 0.2) is 27.4 Å². The van der Waals surface area contributed by atoms with Crippen LogP contribution in [0.4, 0.5) is 4.39 Å². The van der Waals surface area contributed by atoms with Crippen LogP contribution < -0.4 is 10.4 Å². The van der Waals surface area contributed by atoms with Crippen LogP contribution in [-0.2, 0) is 6.42 Å². The van der Waals surface area contributed by atoms with Gasteiger partial charge in [0.1, 0.15) is 11.1 Å². The number of unbranched alkanes of at least 4 members (excludes halogenated alkanes) is 6. The summed E-state index contributed by atoms with van der Waals surface area (Å²) < 4.78 is 25.4. The molecule has 0 N–H and O–H groups in total. The molecule has 1 heterocycles. The Hall–Kier alpha value is -1.84. The Morgan fingerprint density at radius 1 is 1.00 bits per heavy atom. The summed E-state index contributed by atoms with van der Waals surface area (Å²) in [5, 5.41) is 0.570. The van der Waals surface area contributed by atoms with E-state index < -0.39 is 11.4 Å². The molecular formula is C21H29FO3. The molecule has 0 unspecified atom stereocenters. The average Bonchev–Trinajstić information content (AvgIpc) is 2.60. The minimum atomic E-state index is -0.614. The van der Waals surface area contributed by atoms with E-state index >= 15 is 0 Å². The molecule has 0 aliphatic heterocycles. The first-order valence-corrected chi connectivity index (χ1v) is 9.55. The topological polar surface area (TPSA) is 39.4 Å². The maximum atomic E-state index is 14.6. The molecule has 2 aromatic rings. The lowest BCUT2D eigenvalue weighted by atomic mass is 10.1. The van der Waals surface area contributed by atoms with Gasteiger partial charge >= 0.3 is 5.63 Å². The van der Waals surface area contributed by atoms with Gasteiger partial charge < -0.3 is 9.15 Å². The van der Waals surface area contributed by atoms with Gasteiger partial charge in [0.05, 0.1) is 6.61 Å². The van der Waals surface area contributed by atoms with Crippen LogP contribution in [0, 0.1) is 5.82 Å². The van der Waals surface area contributed by atoms with Crippen LogP contribution in [0.25, 0.3) is 10.8 Å². The third-order valence-corrected chi connectivity index (χ3v) is 4.42. The predicted octanol–water partition coefficient (Wildman–Crippen LogP) is 6.01. The number of rotatable bonds is 11. The quantitative estimate of drug-likeness (QED) is 0.467. The van der Waals surface area contributed by atoms with Gasteiger partial charge in [-0.25, -0.2) is 9.18 Å². The van der Waals surface area contributed by atoms with E-state index in [1.54, 1.807) is 18.2 Å². The average molecular weight is 348 g/mol. The summed E-state index contributed by atoms with van der Waals surface area (Å²) in [5.41, 5.74) is -0.613. The molecule has 0 saturated carbocycles. The Kier molecular flexibility index (Phi) is 7.96. The molecule has 3 nitrogen and oxygen atoms in total. The van der Waals surface area contributed by atoms with E-state index in [-0.39, 0.29) is 11.1 Å². The minimum absolute atomic E-state index is 0.0114. The maximum absolute atomic E-state index is 14.6. The molecule has 0 radical (unpaired) electrons. The number of benzene rings is 1. The van der Waals surface area contributed by atoms with Gasteiger partial charge in [0, 0.05) is 6.42 Å². The molecule has 1 aromatic carbocycles. The number of aryl methyl sites for hydroxylation is 1. The predicted molar refractivity (Wildman–Crippen MR) is 99.9 cm³/mol. The minimum Gasteiger partial charge on any atom is -0.490 e. The molecule has 0 amide bonds. The second-order valence-corrected chi connectivity index (χ2v) is 6.56. The third kappa shape index (κ3) is 5.58. The Morgan fingerprint density at radius 2 is 1.72 bits per heavy atom. The molecule has 0 aliphatic carbocycles. The lowest BCUT2D eigenvalue weighted by Crippen LogP contribution is -2.07. The summed E-state index contributed by atoms with van der Waals surface area (Å²) in [4.78, 5) is 12.2. The van der Waals surface area contributed by atoms with E-state index in [1.165, 1.54) is 19.3 Å². The van der Waals surface area contributed by atoms with E-state index in [9.17, 15) is 9.18 Å². The molecule has 0 saturated heterocycles. The molecule has 0 bridgehead atoms. The smallest absolute Gasteiger partial charge is 0.346 e. The van der Waals surface area contributed by atoms with Crippen LogP contribution in [0.5, 0.6) is 5.75 Å². The second-order valence-electron chi connectivity index (χ2n) is 6.56. The number of hydrogen-bond donors (Lipinski definition) is 0. The monoisotopic (exact) mass is 348 g/mol. The number of hydrogen-bond acceptors (Lipinski definition) is 3. The molecule has 25 heavy (non-hydrogen) atoms. The van der Waals surface area contributed by atoms with Crippen molar-refractivity contribution in [2.75, 3.05) is 6.61 Å². The van der Waals surface area contributed by atoms with Gasteiger partial charge in [-0.3, -0.25) is 0 Å². The zero-order valence-electron chi connectivity index (χ0n) is 15.4. The molecule has 1 aromatic heterocycles. The van der Waals surface area contributed by atoms with Gasteiger partial charge in [-0.15, -0.1) is 0 Å². The maximum Gasteiger partial charge on any atom is 0.346 e. The van der Waals surface area contributed by atoms with E-state index in [4.69, 9.17) is 9.15 Å². The van der Waals surface area contributed by atoms with E-state index in [0.29, 0.717) is 24.2 Å². The first kappa shape index (κ1) is 19.5. The highest BCUT2D eigenvalue weighted by Crippen LogP contribution is 2.25. The van der Waals surface area contributed by atoms with Crippen molar-refractivity contribution in [1.29, 1.82) is 0 Å². The zero-order valence-corrected chi connectivity index (χ0v) is 15.4. The van der Waals surface area contributed by atoms with Gasteiger partial charge in [-0.2, -0.15) is 0 Å². The Balaban J connectivity index is 2.09. The SMILES string of the molecule is CCCCCCCc1cc2ccc(OCCCCC)c(F)c2c(=O)o1. The fourth-order valence-electron chi connectivity index (χ4n) is 2.94. The fourth-order valence-corrected chi connectivity index (χ4v) is 2.94. The van der Waals surface area contributed by atoms with Crippen molar-refractivity contribution in [3.05, 3.63) is 40.2 Å². The summed E-state index contributed by atoms with van der Waals surface area (Å²) in [5.74, 6) is 0.144. The van der Waals surface area contributed by atoms with Gasteiger partial charge in [0.15, 0.2) is 11.6 Å². The van der Waals surface area contributed by atoms with Gasteiger partial charge in [0.2, 0.25) is 0 Å². The normalized spacial score (nSPS) is 11.2. The Labute approximate surface area is 149 Å². The van der Waals surface area contributed by atoms with Crippen LogP contribution in [0.1, 0.15) is 71.0 Å². The van der Waals surface area contributed by atoms with Crippen LogP contribution in [-0.4, -0.2) is 6.61 Å². The molecule has 0 spiro atoms. The highest BCUT2D eigenvalue weighted by Gasteiger charge is 2.14. The third-order valence-electron chi connectivity index (χ3n) is 4.42. The summed E-state index contributed by atoms with van der Waals surface area (Å²) in [6, 6.07) is 5.12. The highest BCUT2D eigenvalue weighted by molar-refractivity contribution is 5.83. The van der Waals surface area contributed by atoms with Gasteiger partial charge in [-0.1, -0.05) is 58.4 Å². The summed E-state index contributed by atoms with van der Waals surface area (Å²) in [6.45, 7) is 4.74. The number of ether oxygens (including phenoxy) is 1. The molecule has 0 atom stereocenters. The largest absolute Gasteiger partial charge is 0.490 e. The van der Waals surface area contributed by atoms with Crippen molar-refractivity contribution in [2.24, 2.45) is 0 Å². The van der Waals surface area contributed by atoms with Crippen molar-refractivity contribution in [3.8, 4) is 5.75 Å². The van der Waals surface area contributed by atoms with Crippen molar-refractivity contribution in [2.45, 2.75) is 71.6 Å². The molecule has 0 fully saturated rings. The van der Waals surface area contributed by atoms with Crippen molar-refractivity contribution in [3.63, 3.8) is 0 Å². The lowest BCUT2D eigenvalue weighted by molar-refractivity contribution is 0.292. The van der Waals surface area contributed by atoms with Crippen molar-refractivity contribution in [1.82, 2.24) is 0 Å².